The molecule has 1 heterocycles. The van der Waals surface area contributed by atoms with E-state index < -0.39 is 11.9 Å². The van der Waals surface area contributed by atoms with Crippen molar-refractivity contribution in [1.82, 2.24) is 9.97 Å². The highest BCUT2D eigenvalue weighted by Crippen LogP contribution is 2.29. The first-order chi connectivity index (χ1) is 12.8. The first-order valence-corrected chi connectivity index (χ1v) is 8.27. The monoisotopic (exact) mass is 366 g/mol. The topological polar surface area (TPSA) is 105 Å². The molecule has 0 spiro atoms. The Labute approximate surface area is 155 Å². The van der Waals surface area contributed by atoms with Gasteiger partial charge in [-0.1, -0.05) is 17.7 Å². The normalized spacial score (nSPS) is 12.8. The third kappa shape index (κ3) is 4.27. The van der Waals surface area contributed by atoms with Crippen LogP contribution in [0.25, 0.3) is 10.9 Å². The van der Waals surface area contributed by atoms with Gasteiger partial charge in [0.1, 0.15) is 23.5 Å². The van der Waals surface area contributed by atoms with Gasteiger partial charge in [0.05, 0.1) is 5.52 Å². The quantitative estimate of drug-likeness (QED) is 0.484. The van der Waals surface area contributed by atoms with Crippen LogP contribution < -0.4 is 5.73 Å². The van der Waals surface area contributed by atoms with Gasteiger partial charge in [-0.25, -0.2) is 19.4 Å². The molecule has 3 aromatic rings. The van der Waals surface area contributed by atoms with E-state index in [-0.39, 0.29) is 23.2 Å². The summed E-state index contributed by atoms with van der Waals surface area (Å²) in [6, 6.07) is 9.99. The molecule has 7 heteroatoms. The number of aliphatic hydroxyl groups excluding tert-OH is 1. The maximum absolute atomic E-state index is 13.1. The second-order valence-electron chi connectivity index (χ2n) is 6.32. The third-order valence-corrected chi connectivity index (χ3v) is 3.78. The lowest BCUT2D eigenvalue weighted by molar-refractivity contribution is 0.210. The van der Waals surface area contributed by atoms with E-state index in [2.05, 4.69) is 15.0 Å². The van der Waals surface area contributed by atoms with Crippen molar-refractivity contribution in [2.45, 2.75) is 20.0 Å². The Morgan fingerprint density at radius 2 is 1.85 bits per heavy atom. The van der Waals surface area contributed by atoms with Gasteiger partial charge in [-0.15, -0.1) is 0 Å². The van der Waals surface area contributed by atoms with Gasteiger partial charge >= 0.3 is 0 Å². The zero-order valence-electron chi connectivity index (χ0n) is 14.9. The van der Waals surface area contributed by atoms with Crippen molar-refractivity contribution in [2.24, 2.45) is 10.7 Å². The SMILES string of the molecule is CC(C)=CC(N)=Nc1nc(C(O)c2ccc(F)cc2)nc2cc(O)ccc12. The van der Waals surface area contributed by atoms with Crippen LogP contribution >= 0.6 is 0 Å². The zero-order valence-corrected chi connectivity index (χ0v) is 14.9. The summed E-state index contributed by atoms with van der Waals surface area (Å²) in [5, 5.41) is 21.0. The van der Waals surface area contributed by atoms with Crippen molar-refractivity contribution in [1.29, 1.82) is 0 Å². The molecule has 2 aromatic carbocycles. The highest BCUT2D eigenvalue weighted by atomic mass is 19.1. The predicted molar refractivity (Wildman–Crippen MR) is 102 cm³/mol. The Balaban J connectivity index is 2.16. The molecular formula is C20H19FN4O2. The van der Waals surface area contributed by atoms with Crippen LogP contribution in [0.5, 0.6) is 5.75 Å². The van der Waals surface area contributed by atoms with E-state index in [1.165, 1.54) is 36.4 Å². The largest absolute Gasteiger partial charge is 0.508 e. The number of rotatable bonds is 4. The summed E-state index contributed by atoms with van der Waals surface area (Å²) in [7, 11) is 0. The number of nitrogens with zero attached hydrogens (tertiary/aromatic N) is 3. The third-order valence-electron chi connectivity index (χ3n) is 3.78. The summed E-state index contributed by atoms with van der Waals surface area (Å²) in [6.45, 7) is 3.78. The van der Waals surface area contributed by atoms with Crippen LogP contribution in [0.15, 0.2) is 59.1 Å². The number of phenolic OH excluding ortho intramolecular Hbond substituents is 1. The number of hydrogen-bond donors (Lipinski definition) is 3. The summed E-state index contributed by atoms with van der Waals surface area (Å²) >= 11 is 0. The minimum absolute atomic E-state index is 0.0237. The highest BCUT2D eigenvalue weighted by molar-refractivity contribution is 5.97. The number of hydrogen-bond acceptors (Lipinski definition) is 5. The number of aliphatic hydroxyl groups is 1. The van der Waals surface area contributed by atoms with Crippen LogP contribution in [0, 0.1) is 5.82 Å². The van der Waals surface area contributed by atoms with Gasteiger partial charge in [0.25, 0.3) is 0 Å². The fourth-order valence-electron chi connectivity index (χ4n) is 2.57. The fourth-order valence-corrected chi connectivity index (χ4v) is 2.57. The van der Waals surface area contributed by atoms with Crippen LogP contribution in [-0.2, 0) is 0 Å². The molecule has 0 fully saturated rings. The van der Waals surface area contributed by atoms with Crippen molar-refractivity contribution in [2.75, 3.05) is 0 Å². The molecule has 138 valence electrons. The van der Waals surface area contributed by atoms with Gasteiger partial charge in [-0.2, -0.15) is 0 Å². The number of allylic oxidation sites excluding steroid dienone is 1. The van der Waals surface area contributed by atoms with Crippen molar-refractivity contribution in [3.63, 3.8) is 0 Å². The Morgan fingerprint density at radius 3 is 2.52 bits per heavy atom. The number of amidine groups is 1. The molecule has 0 aliphatic carbocycles. The summed E-state index contributed by atoms with van der Waals surface area (Å²) in [5.74, 6) is 0.214. The maximum Gasteiger partial charge on any atom is 0.165 e. The van der Waals surface area contributed by atoms with Crippen molar-refractivity contribution >= 4 is 22.6 Å². The first kappa shape index (κ1) is 18.5. The number of aliphatic imine (C=N–C) groups is 1. The van der Waals surface area contributed by atoms with Crippen molar-refractivity contribution < 1.29 is 14.6 Å². The number of nitrogens with two attached hydrogens (primary N) is 1. The number of halogens is 1. The standard InChI is InChI=1S/C20H19FN4O2/c1-11(2)9-17(22)24-19-15-8-7-14(26)10-16(15)23-20(25-19)18(27)12-3-5-13(21)6-4-12/h3-10,18,26-27H,1-2H3,(H2,22,23,24,25). The fraction of sp³-hybridized carbons (Fsp3) is 0.150. The molecule has 3 rings (SSSR count). The smallest absolute Gasteiger partial charge is 0.165 e. The van der Waals surface area contributed by atoms with E-state index in [0.29, 0.717) is 16.5 Å². The second kappa shape index (κ2) is 7.51. The summed E-state index contributed by atoms with van der Waals surface area (Å²) in [4.78, 5) is 13.0. The van der Waals surface area contributed by atoms with E-state index in [9.17, 15) is 14.6 Å². The summed E-state index contributed by atoms with van der Waals surface area (Å²) < 4.78 is 13.1. The number of aromatic nitrogens is 2. The van der Waals surface area contributed by atoms with Gasteiger partial charge in [0, 0.05) is 11.5 Å². The average Bonchev–Trinajstić information content (AvgIpc) is 2.60. The predicted octanol–water partition coefficient (Wildman–Crippen LogP) is 3.51. The van der Waals surface area contributed by atoms with Gasteiger partial charge < -0.3 is 15.9 Å². The first-order valence-electron chi connectivity index (χ1n) is 8.27. The van der Waals surface area contributed by atoms with Crippen LogP contribution in [-0.4, -0.2) is 26.0 Å². The minimum atomic E-state index is -1.18. The summed E-state index contributed by atoms with van der Waals surface area (Å²) in [5.41, 5.74) is 7.75. The molecule has 0 amide bonds. The van der Waals surface area contributed by atoms with Crippen LogP contribution in [0.1, 0.15) is 31.3 Å². The van der Waals surface area contributed by atoms with E-state index in [1.54, 1.807) is 12.1 Å². The lowest BCUT2D eigenvalue weighted by Crippen LogP contribution is -2.09. The van der Waals surface area contributed by atoms with E-state index in [0.717, 1.165) is 5.57 Å². The lowest BCUT2D eigenvalue weighted by atomic mass is 10.1. The number of fused-ring (bicyclic) bond motifs is 1. The van der Waals surface area contributed by atoms with Crippen LogP contribution in [0.4, 0.5) is 10.2 Å². The Bertz CT molecular complexity index is 1040. The molecule has 1 unspecified atom stereocenters. The maximum atomic E-state index is 13.1. The lowest BCUT2D eigenvalue weighted by Gasteiger charge is -2.12. The molecule has 4 N–H and O–H groups in total. The molecule has 1 aromatic heterocycles. The summed E-state index contributed by atoms with van der Waals surface area (Å²) in [6.07, 6.45) is 0.515. The average molecular weight is 366 g/mol. The molecular weight excluding hydrogens is 347 g/mol. The highest BCUT2D eigenvalue weighted by Gasteiger charge is 2.17. The number of phenols is 1. The Morgan fingerprint density at radius 1 is 1.15 bits per heavy atom. The molecule has 1 atom stereocenters. The Kier molecular flexibility index (Phi) is 5.14. The molecule has 0 saturated carbocycles. The van der Waals surface area contributed by atoms with Gasteiger partial charge in [-0.3, -0.25) is 0 Å². The molecule has 0 aliphatic heterocycles. The van der Waals surface area contributed by atoms with Crippen LogP contribution in [0.2, 0.25) is 0 Å². The Hall–Kier alpha value is -3.32. The second-order valence-corrected chi connectivity index (χ2v) is 6.32. The van der Waals surface area contributed by atoms with Crippen molar-refractivity contribution in [3.05, 3.63) is 71.3 Å². The number of aromatic hydroxyl groups is 1. The minimum Gasteiger partial charge on any atom is -0.508 e. The van der Waals surface area contributed by atoms with Gasteiger partial charge in [-0.05, 0) is 49.8 Å². The van der Waals surface area contributed by atoms with E-state index in [1.807, 2.05) is 13.8 Å². The van der Waals surface area contributed by atoms with Gasteiger partial charge in [0.15, 0.2) is 11.6 Å². The van der Waals surface area contributed by atoms with Crippen molar-refractivity contribution in [3.8, 4) is 5.75 Å². The van der Waals surface area contributed by atoms with E-state index in [4.69, 9.17) is 5.73 Å². The zero-order chi connectivity index (χ0) is 19.6. The molecule has 0 saturated heterocycles. The van der Waals surface area contributed by atoms with E-state index >= 15 is 0 Å². The molecule has 0 aliphatic rings. The molecule has 0 radical (unpaired) electrons. The molecule has 0 bridgehead atoms. The van der Waals surface area contributed by atoms with Gasteiger partial charge in [0.2, 0.25) is 0 Å². The van der Waals surface area contributed by atoms with Crippen LogP contribution in [0.3, 0.4) is 0 Å². The molecule has 6 nitrogen and oxygen atoms in total. The molecule has 27 heavy (non-hydrogen) atoms. The number of benzene rings is 2.